The Balaban J connectivity index is 1.70. The van der Waals surface area contributed by atoms with E-state index in [2.05, 4.69) is 17.3 Å². The van der Waals surface area contributed by atoms with E-state index in [1.165, 1.54) is 32.1 Å². The summed E-state index contributed by atoms with van der Waals surface area (Å²) in [4.78, 5) is 13.2. The molecule has 0 spiro atoms. The maximum absolute atomic E-state index is 13.2. The zero-order valence-corrected chi connectivity index (χ0v) is 18.7. The van der Waals surface area contributed by atoms with E-state index >= 15 is 0 Å². The number of nitrogens with one attached hydrogen (secondary N) is 1. The molecule has 2 heterocycles. The molecule has 1 aromatic carbocycles. The first-order valence-corrected chi connectivity index (χ1v) is 11.2. The van der Waals surface area contributed by atoms with Crippen LogP contribution in [-0.4, -0.2) is 26.3 Å². The van der Waals surface area contributed by atoms with Crippen molar-refractivity contribution in [2.45, 2.75) is 52.0 Å². The molecule has 30 heavy (non-hydrogen) atoms. The van der Waals surface area contributed by atoms with Gasteiger partial charge in [0.25, 0.3) is 5.91 Å². The SMILES string of the molecule is Cc1c(C(=O)NC(C)C2CCCCC2)nn(-c2ccc(Cl)c(Cl)c2)c1-n1cccc1. The van der Waals surface area contributed by atoms with Crippen LogP contribution >= 0.6 is 23.2 Å². The second-order valence-corrected chi connectivity index (χ2v) is 8.87. The van der Waals surface area contributed by atoms with Gasteiger partial charge in [0.15, 0.2) is 5.69 Å². The van der Waals surface area contributed by atoms with Gasteiger partial charge in [-0.15, -0.1) is 0 Å². The summed E-state index contributed by atoms with van der Waals surface area (Å²) in [6.07, 6.45) is 10.0. The van der Waals surface area contributed by atoms with E-state index in [1.54, 1.807) is 16.8 Å². The Hall–Kier alpha value is -2.24. The summed E-state index contributed by atoms with van der Waals surface area (Å²) < 4.78 is 3.70. The lowest BCUT2D eigenvalue weighted by atomic mass is 9.84. The smallest absolute Gasteiger partial charge is 0.272 e. The van der Waals surface area contributed by atoms with Crippen LogP contribution in [0.3, 0.4) is 0 Å². The van der Waals surface area contributed by atoms with Gasteiger partial charge in [-0.3, -0.25) is 4.79 Å². The summed E-state index contributed by atoms with van der Waals surface area (Å²) in [5.41, 5.74) is 1.98. The third-order valence-electron chi connectivity index (χ3n) is 6.02. The van der Waals surface area contributed by atoms with Crippen LogP contribution in [0.4, 0.5) is 0 Å². The van der Waals surface area contributed by atoms with Crippen molar-refractivity contribution in [3.63, 3.8) is 0 Å². The number of hydrogen-bond acceptors (Lipinski definition) is 2. The van der Waals surface area contributed by atoms with Crippen LogP contribution < -0.4 is 5.32 Å². The molecule has 0 aliphatic heterocycles. The Kier molecular flexibility index (Phi) is 6.21. The van der Waals surface area contributed by atoms with Crippen molar-refractivity contribution < 1.29 is 4.79 Å². The Morgan fingerprint density at radius 3 is 2.50 bits per heavy atom. The van der Waals surface area contributed by atoms with Crippen LogP contribution in [-0.2, 0) is 0 Å². The number of carbonyl (C=O) groups is 1. The molecular weight excluding hydrogens is 419 g/mol. The maximum atomic E-state index is 13.2. The Morgan fingerprint density at radius 2 is 1.83 bits per heavy atom. The lowest BCUT2D eigenvalue weighted by Gasteiger charge is -2.28. The van der Waals surface area contributed by atoms with E-state index in [0.717, 1.165) is 17.1 Å². The minimum atomic E-state index is -0.141. The average molecular weight is 445 g/mol. The van der Waals surface area contributed by atoms with Gasteiger partial charge in [-0.25, -0.2) is 4.68 Å². The molecule has 5 nitrogen and oxygen atoms in total. The average Bonchev–Trinajstić information content (AvgIpc) is 3.38. The normalized spacial score (nSPS) is 15.9. The molecule has 158 valence electrons. The van der Waals surface area contributed by atoms with Crippen molar-refractivity contribution in [2.24, 2.45) is 5.92 Å². The highest BCUT2D eigenvalue weighted by Crippen LogP contribution is 2.29. The van der Waals surface area contributed by atoms with Crippen molar-refractivity contribution in [1.29, 1.82) is 0 Å². The minimum Gasteiger partial charge on any atom is -0.348 e. The molecule has 1 fully saturated rings. The predicted molar refractivity (Wildman–Crippen MR) is 121 cm³/mol. The minimum absolute atomic E-state index is 0.127. The van der Waals surface area contributed by atoms with Gasteiger partial charge in [0.1, 0.15) is 5.82 Å². The van der Waals surface area contributed by atoms with Crippen molar-refractivity contribution in [3.05, 3.63) is 64.0 Å². The molecule has 1 unspecified atom stereocenters. The summed E-state index contributed by atoms with van der Waals surface area (Å²) in [7, 11) is 0. The molecule has 1 amide bonds. The predicted octanol–water partition coefficient (Wildman–Crippen LogP) is 5.98. The van der Waals surface area contributed by atoms with E-state index in [-0.39, 0.29) is 11.9 Å². The van der Waals surface area contributed by atoms with E-state index < -0.39 is 0 Å². The quantitative estimate of drug-likeness (QED) is 0.526. The monoisotopic (exact) mass is 444 g/mol. The zero-order valence-electron chi connectivity index (χ0n) is 17.2. The van der Waals surface area contributed by atoms with Gasteiger partial charge in [-0.05, 0) is 62.9 Å². The van der Waals surface area contributed by atoms with Crippen LogP contribution in [0, 0.1) is 12.8 Å². The van der Waals surface area contributed by atoms with Crippen LogP contribution in [0.15, 0.2) is 42.7 Å². The Bertz CT molecular complexity index is 1040. The van der Waals surface area contributed by atoms with Gasteiger partial charge < -0.3 is 9.88 Å². The number of aromatic nitrogens is 3. The lowest BCUT2D eigenvalue weighted by Crippen LogP contribution is -2.39. The molecule has 0 saturated heterocycles. The summed E-state index contributed by atoms with van der Waals surface area (Å²) in [6, 6.07) is 9.35. The Morgan fingerprint density at radius 1 is 1.13 bits per heavy atom. The van der Waals surface area contributed by atoms with Crippen molar-refractivity contribution in [1.82, 2.24) is 19.7 Å². The highest BCUT2D eigenvalue weighted by Gasteiger charge is 2.26. The topological polar surface area (TPSA) is 51.9 Å². The molecule has 1 atom stereocenters. The number of hydrogen-bond donors (Lipinski definition) is 1. The van der Waals surface area contributed by atoms with Crippen LogP contribution in [0.2, 0.25) is 10.0 Å². The number of nitrogens with zero attached hydrogens (tertiary/aromatic N) is 3. The first-order chi connectivity index (χ1) is 14.5. The van der Waals surface area contributed by atoms with E-state index in [1.807, 2.05) is 42.1 Å². The molecule has 1 aliphatic carbocycles. The maximum Gasteiger partial charge on any atom is 0.272 e. The molecule has 3 aromatic rings. The molecule has 1 N–H and O–H groups in total. The van der Waals surface area contributed by atoms with Gasteiger partial charge in [0, 0.05) is 24.0 Å². The molecule has 4 rings (SSSR count). The fourth-order valence-corrected chi connectivity index (χ4v) is 4.60. The molecule has 0 radical (unpaired) electrons. The molecule has 0 bridgehead atoms. The van der Waals surface area contributed by atoms with Crippen molar-refractivity contribution in [2.75, 3.05) is 0 Å². The number of amides is 1. The highest BCUT2D eigenvalue weighted by molar-refractivity contribution is 6.42. The fourth-order valence-electron chi connectivity index (χ4n) is 4.31. The molecule has 7 heteroatoms. The fraction of sp³-hybridized carbons (Fsp3) is 0.391. The zero-order chi connectivity index (χ0) is 21.3. The van der Waals surface area contributed by atoms with E-state index in [4.69, 9.17) is 23.2 Å². The molecule has 1 saturated carbocycles. The first kappa shape index (κ1) is 21.0. The third-order valence-corrected chi connectivity index (χ3v) is 6.76. The van der Waals surface area contributed by atoms with E-state index in [9.17, 15) is 4.79 Å². The number of benzene rings is 1. The third kappa shape index (κ3) is 4.14. The summed E-state index contributed by atoms with van der Waals surface area (Å²) >= 11 is 12.3. The molecular formula is C23H26Cl2N4O. The van der Waals surface area contributed by atoms with Crippen LogP contribution in [0.25, 0.3) is 11.5 Å². The van der Waals surface area contributed by atoms with Gasteiger partial charge in [-0.1, -0.05) is 42.5 Å². The largest absolute Gasteiger partial charge is 0.348 e. The van der Waals surface area contributed by atoms with Gasteiger partial charge >= 0.3 is 0 Å². The highest BCUT2D eigenvalue weighted by atomic mass is 35.5. The van der Waals surface area contributed by atoms with Gasteiger partial charge in [-0.2, -0.15) is 5.10 Å². The van der Waals surface area contributed by atoms with Crippen molar-refractivity contribution in [3.8, 4) is 11.5 Å². The molecule has 2 aromatic heterocycles. The summed E-state index contributed by atoms with van der Waals surface area (Å²) in [6.45, 7) is 4.03. The summed E-state index contributed by atoms with van der Waals surface area (Å²) in [5, 5.41) is 8.80. The van der Waals surface area contributed by atoms with Crippen LogP contribution in [0.1, 0.15) is 55.1 Å². The first-order valence-electron chi connectivity index (χ1n) is 10.4. The van der Waals surface area contributed by atoms with Crippen molar-refractivity contribution >= 4 is 29.1 Å². The second kappa shape index (κ2) is 8.86. The second-order valence-electron chi connectivity index (χ2n) is 8.06. The number of rotatable bonds is 5. The Labute approximate surface area is 187 Å². The number of carbonyl (C=O) groups excluding carboxylic acids is 1. The van der Waals surface area contributed by atoms with Gasteiger partial charge in [0.2, 0.25) is 0 Å². The van der Waals surface area contributed by atoms with Crippen LogP contribution in [0.5, 0.6) is 0 Å². The molecule has 1 aliphatic rings. The van der Waals surface area contributed by atoms with E-state index in [0.29, 0.717) is 21.7 Å². The number of halogens is 2. The van der Waals surface area contributed by atoms with Gasteiger partial charge in [0.05, 0.1) is 15.7 Å². The standard InChI is InChI=1S/C23H26Cl2N4O/c1-15-21(22(30)26-16(2)17-8-4-3-5-9-17)27-29(23(15)28-12-6-7-13-28)18-10-11-19(24)20(25)14-18/h6-7,10-14,16-17H,3-5,8-9H2,1-2H3,(H,26,30). The summed E-state index contributed by atoms with van der Waals surface area (Å²) in [5.74, 6) is 1.19. The lowest BCUT2D eigenvalue weighted by molar-refractivity contribution is 0.0913.